The number of halogens is 2. The van der Waals surface area contributed by atoms with E-state index in [9.17, 15) is 8.78 Å². The predicted octanol–water partition coefficient (Wildman–Crippen LogP) is 2.59. The monoisotopic (exact) mass is 243 g/mol. The van der Waals surface area contributed by atoms with Gasteiger partial charge in [0.25, 0.3) is 6.43 Å². The molecule has 0 amide bonds. The van der Waals surface area contributed by atoms with Gasteiger partial charge in [-0.25, -0.2) is 8.78 Å². The highest BCUT2D eigenvalue weighted by Crippen LogP contribution is 2.47. The Morgan fingerprint density at radius 1 is 1.24 bits per heavy atom. The Balaban J connectivity index is 2.55. The van der Waals surface area contributed by atoms with Crippen molar-refractivity contribution >= 4 is 0 Å². The summed E-state index contributed by atoms with van der Waals surface area (Å²) >= 11 is 0. The van der Waals surface area contributed by atoms with Gasteiger partial charge in [-0.1, -0.05) is 0 Å². The van der Waals surface area contributed by atoms with Crippen molar-refractivity contribution in [3.8, 4) is 11.5 Å². The molecule has 2 rings (SSSR count). The lowest BCUT2D eigenvalue weighted by Gasteiger charge is -2.17. The van der Waals surface area contributed by atoms with Gasteiger partial charge < -0.3 is 15.2 Å². The molecule has 0 saturated heterocycles. The highest BCUT2D eigenvalue weighted by Gasteiger charge is 2.41. The van der Waals surface area contributed by atoms with Crippen molar-refractivity contribution in [3.63, 3.8) is 0 Å². The summed E-state index contributed by atoms with van der Waals surface area (Å²) in [5, 5.41) is 0. The molecule has 0 unspecified atom stereocenters. The molecular weight excluding hydrogens is 228 g/mol. The molecule has 0 radical (unpaired) electrons. The second-order valence-corrected chi connectivity index (χ2v) is 4.26. The molecule has 5 heteroatoms. The SMILES string of the molecule is COc1cc(C2(N)CC2)cc(C(F)F)c1OC. The van der Waals surface area contributed by atoms with Gasteiger partial charge in [0.1, 0.15) is 0 Å². The molecule has 1 aliphatic carbocycles. The number of alkyl halides is 2. The summed E-state index contributed by atoms with van der Waals surface area (Å²) in [5.41, 5.74) is 6.06. The van der Waals surface area contributed by atoms with Crippen molar-refractivity contribution < 1.29 is 18.3 Å². The first kappa shape index (κ1) is 12.1. The molecular formula is C12H15F2NO2. The molecule has 3 nitrogen and oxygen atoms in total. The third-order valence-electron chi connectivity index (χ3n) is 3.11. The fraction of sp³-hybridized carbons (Fsp3) is 0.500. The van der Waals surface area contributed by atoms with Crippen LogP contribution in [0.15, 0.2) is 12.1 Å². The average Bonchev–Trinajstić information content (AvgIpc) is 3.06. The Morgan fingerprint density at radius 2 is 1.88 bits per heavy atom. The maximum Gasteiger partial charge on any atom is 0.267 e. The molecule has 1 aromatic rings. The minimum atomic E-state index is -2.61. The van der Waals surface area contributed by atoms with Crippen molar-refractivity contribution in [1.29, 1.82) is 0 Å². The number of nitrogens with two attached hydrogens (primary N) is 1. The van der Waals surface area contributed by atoms with E-state index >= 15 is 0 Å². The van der Waals surface area contributed by atoms with Crippen LogP contribution in [0.4, 0.5) is 8.78 Å². The quantitative estimate of drug-likeness (QED) is 0.884. The van der Waals surface area contributed by atoms with E-state index < -0.39 is 12.0 Å². The number of hydrogen-bond donors (Lipinski definition) is 1. The first-order valence-corrected chi connectivity index (χ1v) is 5.35. The van der Waals surface area contributed by atoms with Crippen molar-refractivity contribution in [2.24, 2.45) is 5.73 Å². The molecule has 0 aromatic heterocycles. The van der Waals surface area contributed by atoms with Gasteiger partial charge in [-0.2, -0.15) is 0 Å². The number of hydrogen-bond acceptors (Lipinski definition) is 3. The lowest BCUT2D eigenvalue weighted by Crippen LogP contribution is -2.19. The largest absolute Gasteiger partial charge is 0.493 e. The van der Waals surface area contributed by atoms with E-state index in [2.05, 4.69) is 0 Å². The molecule has 0 bridgehead atoms. The Bertz CT molecular complexity index is 431. The first-order valence-electron chi connectivity index (χ1n) is 5.35. The fourth-order valence-electron chi connectivity index (χ4n) is 1.87. The fourth-order valence-corrected chi connectivity index (χ4v) is 1.87. The van der Waals surface area contributed by atoms with Gasteiger partial charge >= 0.3 is 0 Å². The summed E-state index contributed by atoms with van der Waals surface area (Å²) in [6.07, 6.45) is -0.989. The topological polar surface area (TPSA) is 44.5 Å². The van der Waals surface area contributed by atoms with Crippen LogP contribution in [0.25, 0.3) is 0 Å². The third-order valence-corrected chi connectivity index (χ3v) is 3.11. The van der Waals surface area contributed by atoms with E-state index in [1.165, 1.54) is 20.3 Å². The van der Waals surface area contributed by atoms with Crippen molar-refractivity contribution in [2.45, 2.75) is 24.8 Å². The Labute approximate surface area is 98.5 Å². The Kier molecular flexibility index (Phi) is 2.95. The summed E-state index contributed by atoms with van der Waals surface area (Å²) in [6, 6.07) is 3.09. The molecule has 0 aliphatic heterocycles. The lowest BCUT2D eigenvalue weighted by molar-refractivity contribution is 0.146. The zero-order valence-electron chi connectivity index (χ0n) is 9.80. The molecule has 1 saturated carbocycles. The standard InChI is InChI=1S/C12H15F2NO2/c1-16-9-6-7(12(15)3-4-12)5-8(11(13)14)10(9)17-2/h5-6,11H,3-4,15H2,1-2H3. The van der Waals surface area contributed by atoms with Crippen LogP contribution >= 0.6 is 0 Å². The van der Waals surface area contributed by atoms with Crippen molar-refractivity contribution in [3.05, 3.63) is 23.3 Å². The zero-order chi connectivity index (χ0) is 12.6. The van der Waals surface area contributed by atoms with Crippen molar-refractivity contribution in [2.75, 3.05) is 14.2 Å². The molecule has 94 valence electrons. The number of ether oxygens (including phenoxy) is 2. The van der Waals surface area contributed by atoms with E-state index in [1.54, 1.807) is 6.07 Å². The maximum atomic E-state index is 12.9. The first-order chi connectivity index (χ1) is 8.01. The zero-order valence-corrected chi connectivity index (χ0v) is 9.80. The Morgan fingerprint density at radius 3 is 2.29 bits per heavy atom. The van der Waals surface area contributed by atoms with E-state index in [-0.39, 0.29) is 11.3 Å². The maximum absolute atomic E-state index is 12.9. The lowest BCUT2D eigenvalue weighted by atomic mass is 10.0. The number of methoxy groups -OCH3 is 2. The third kappa shape index (κ3) is 2.07. The molecule has 1 fully saturated rings. The van der Waals surface area contributed by atoms with Crippen LogP contribution < -0.4 is 15.2 Å². The van der Waals surface area contributed by atoms with Crippen LogP contribution in [0, 0.1) is 0 Å². The van der Waals surface area contributed by atoms with Crippen LogP contribution in [-0.4, -0.2) is 14.2 Å². The van der Waals surface area contributed by atoms with Crippen molar-refractivity contribution in [1.82, 2.24) is 0 Å². The van der Waals surface area contributed by atoms with Crippen LogP contribution in [0.5, 0.6) is 11.5 Å². The van der Waals surface area contributed by atoms with Crippen LogP contribution in [0.2, 0.25) is 0 Å². The van der Waals surface area contributed by atoms with Gasteiger partial charge in [0.2, 0.25) is 0 Å². The van der Waals surface area contributed by atoms with E-state index in [1.807, 2.05) is 0 Å². The van der Waals surface area contributed by atoms with E-state index in [0.717, 1.165) is 12.8 Å². The van der Waals surface area contributed by atoms with Gasteiger partial charge in [-0.3, -0.25) is 0 Å². The van der Waals surface area contributed by atoms with Gasteiger partial charge in [0, 0.05) is 5.54 Å². The molecule has 17 heavy (non-hydrogen) atoms. The Hall–Kier alpha value is -1.36. The van der Waals surface area contributed by atoms with Gasteiger partial charge in [-0.15, -0.1) is 0 Å². The molecule has 0 spiro atoms. The molecule has 2 N–H and O–H groups in total. The second kappa shape index (κ2) is 4.14. The number of rotatable bonds is 4. The normalized spacial score (nSPS) is 17.1. The highest BCUT2D eigenvalue weighted by atomic mass is 19.3. The van der Waals surface area contributed by atoms with Crippen LogP contribution in [0.1, 0.15) is 30.4 Å². The molecule has 0 heterocycles. The minimum Gasteiger partial charge on any atom is -0.493 e. The molecule has 0 atom stereocenters. The number of benzene rings is 1. The van der Waals surface area contributed by atoms with Gasteiger partial charge in [0.15, 0.2) is 11.5 Å². The van der Waals surface area contributed by atoms with Crippen LogP contribution in [0.3, 0.4) is 0 Å². The summed E-state index contributed by atoms with van der Waals surface area (Å²) < 4.78 is 35.9. The second-order valence-electron chi connectivity index (χ2n) is 4.26. The molecule has 1 aliphatic rings. The summed E-state index contributed by atoms with van der Waals surface area (Å²) in [5.74, 6) is 0.382. The highest BCUT2D eigenvalue weighted by molar-refractivity contribution is 5.52. The summed E-state index contributed by atoms with van der Waals surface area (Å²) in [4.78, 5) is 0. The minimum absolute atomic E-state index is 0.0792. The smallest absolute Gasteiger partial charge is 0.267 e. The van der Waals surface area contributed by atoms with Gasteiger partial charge in [-0.05, 0) is 30.5 Å². The summed E-state index contributed by atoms with van der Waals surface area (Å²) in [6.45, 7) is 0. The molecule has 1 aromatic carbocycles. The average molecular weight is 243 g/mol. The predicted molar refractivity (Wildman–Crippen MR) is 59.6 cm³/mol. The van der Waals surface area contributed by atoms with E-state index in [0.29, 0.717) is 11.3 Å². The van der Waals surface area contributed by atoms with Crippen LogP contribution in [-0.2, 0) is 5.54 Å². The summed E-state index contributed by atoms with van der Waals surface area (Å²) in [7, 11) is 2.77. The van der Waals surface area contributed by atoms with E-state index in [4.69, 9.17) is 15.2 Å². The van der Waals surface area contributed by atoms with Gasteiger partial charge in [0.05, 0.1) is 19.8 Å².